The van der Waals surface area contributed by atoms with Crippen molar-refractivity contribution in [1.29, 1.82) is 5.26 Å². The van der Waals surface area contributed by atoms with Crippen molar-refractivity contribution in [2.45, 2.75) is 45.4 Å². The SMILES string of the molecule is [C-]#[N+]c1ccc2c(c1)C(C)(C)C(/C=C/C=C1\N(C)c3ccc(C#N)cc3C1(C)C)=C2C. The van der Waals surface area contributed by atoms with E-state index in [1.807, 2.05) is 30.3 Å². The van der Waals surface area contributed by atoms with Crippen molar-refractivity contribution in [2.24, 2.45) is 0 Å². The summed E-state index contributed by atoms with van der Waals surface area (Å²) in [6.45, 7) is 18.4. The van der Waals surface area contributed by atoms with Crippen LogP contribution >= 0.6 is 0 Å². The van der Waals surface area contributed by atoms with Crippen LogP contribution in [0, 0.1) is 17.9 Å². The van der Waals surface area contributed by atoms with Crippen molar-refractivity contribution in [1.82, 2.24) is 0 Å². The third-order valence-electron chi connectivity index (χ3n) is 6.97. The molecule has 0 atom stereocenters. The van der Waals surface area contributed by atoms with E-state index in [-0.39, 0.29) is 10.8 Å². The molecule has 2 aromatic rings. The molecule has 2 aromatic carbocycles. The van der Waals surface area contributed by atoms with Crippen LogP contribution < -0.4 is 4.90 Å². The molecule has 3 heteroatoms. The lowest BCUT2D eigenvalue weighted by Gasteiger charge is -2.24. The molecule has 0 saturated heterocycles. The Bertz CT molecular complexity index is 1270. The number of hydrogen-bond donors (Lipinski definition) is 0. The van der Waals surface area contributed by atoms with Gasteiger partial charge in [0.05, 0.1) is 18.2 Å². The van der Waals surface area contributed by atoms with Gasteiger partial charge in [0.15, 0.2) is 5.69 Å². The molecule has 0 aromatic heterocycles. The summed E-state index contributed by atoms with van der Waals surface area (Å²) in [5.74, 6) is 0. The van der Waals surface area contributed by atoms with Crippen LogP contribution in [0.4, 0.5) is 11.4 Å². The highest BCUT2D eigenvalue weighted by molar-refractivity contribution is 5.82. The van der Waals surface area contributed by atoms with E-state index < -0.39 is 0 Å². The van der Waals surface area contributed by atoms with Crippen molar-refractivity contribution >= 4 is 16.9 Å². The van der Waals surface area contributed by atoms with E-state index in [4.69, 9.17) is 6.57 Å². The van der Waals surface area contributed by atoms with Gasteiger partial charge in [-0.05, 0) is 59.0 Å². The van der Waals surface area contributed by atoms with Gasteiger partial charge in [0.25, 0.3) is 0 Å². The van der Waals surface area contributed by atoms with Crippen molar-refractivity contribution < 1.29 is 0 Å². The van der Waals surface area contributed by atoms with Gasteiger partial charge in [-0.3, -0.25) is 0 Å². The third-order valence-corrected chi connectivity index (χ3v) is 6.97. The van der Waals surface area contributed by atoms with Crippen molar-refractivity contribution in [3.05, 3.63) is 99.6 Å². The molecule has 0 bridgehead atoms. The summed E-state index contributed by atoms with van der Waals surface area (Å²) in [7, 11) is 2.09. The van der Waals surface area contributed by atoms with Crippen LogP contribution in [-0.2, 0) is 10.8 Å². The predicted octanol–water partition coefficient (Wildman–Crippen LogP) is 7.04. The Morgan fingerprint density at radius 2 is 1.77 bits per heavy atom. The largest absolute Gasteiger partial charge is 0.347 e. The quantitative estimate of drug-likeness (QED) is 0.502. The predicted molar refractivity (Wildman–Crippen MR) is 128 cm³/mol. The first kappa shape index (κ1) is 20.7. The molecule has 0 radical (unpaired) electrons. The number of anilines is 1. The smallest absolute Gasteiger partial charge is 0.187 e. The Kier molecular flexibility index (Phi) is 4.68. The number of allylic oxidation sites excluding steroid dienone is 6. The first-order valence-electron chi connectivity index (χ1n) is 10.5. The molecule has 1 aliphatic carbocycles. The van der Waals surface area contributed by atoms with Crippen LogP contribution in [0.1, 0.15) is 56.9 Å². The number of nitriles is 1. The Hall–Kier alpha value is -3.56. The van der Waals surface area contributed by atoms with E-state index in [1.165, 1.54) is 33.5 Å². The van der Waals surface area contributed by atoms with Gasteiger partial charge in [0.2, 0.25) is 0 Å². The zero-order chi connectivity index (χ0) is 22.6. The lowest BCUT2D eigenvalue weighted by molar-refractivity contribution is 0.639. The highest BCUT2D eigenvalue weighted by Crippen LogP contribution is 2.49. The molecule has 0 N–H and O–H groups in total. The average Bonchev–Trinajstić information content (AvgIpc) is 3.06. The zero-order valence-corrected chi connectivity index (χ0v) is 19.0. The molecule has 1 aliphatic heterocycles. The van der Waals surface area contributed by atoms with Crippen LogP contribution in [-0.4, -0.2) is 7.05 Å². The van der Waals surface area contributed by atoms with Crippen LogP contribution in [0.3, 0.4) is 0 Å². The minimum absolute atomic E-state index is 0.142. The summed E-state index contributed by atoms with van der Waals surface area (Å²) >= 11 is 0. The molecule has 4 rings (SSSR count). The normalized spacial score (nSPS) is 19.5. The molecule has 0 fully saturated rings. The number of likely N-dealkylation sites (N-methyl/N-ethyl adjacent to an activating group) is 1. The number of hydrogen-bond acceptors (Lipinski definition) is 2. The minimum Gasteiger partial charge on any atom is -0.347 e. The standard InChI is InChI=1S/C28H27N3/c1-18-21-13-12-20(30-6)16-23(21)27(2,3)22(18)9-8-10-26-28(4,5)24-15-19(17-29)11-14-25(24)31(26)7/h8-16H,1-5,7H3/b9-8+,26-10-. The maximum Gasteiger partial charge on any atom is 0.187 e. The van der Waals surface area contributed by atoms with Crippen LogP contribution in [0.5, 0.6) is 0 Å². The van der Waals surface area contributed by atoms with Gasteiger partial charge >= 0.3 is 0 Å². The van der Waals surface area contributed by atoms with Gasteiger partial charge in [-0.1, -0.05) is 58.0 Å². The minimum atomic E-state index is -0.177. The first-order chi connectivity index (χ1) is 14.6. The maximum absolute atomic E-state index is 9.30. The van der Waals surface area contributed by atoms with Crippen LogP contribution in [0.25, 0.3) is 10.4 Å². The lowest BCUT2D eigenvalue weighted by atomic mass is 9.80. The molecule has 0 unspecified atom stereocenters. The Labute approximate surface area is 185 Å². The van der Waals surface area contributed by atoms with Crippen LogP contribution in [0.15, 0.2) is 65.9 Å². The second-order valence-electron chi connectivity index (χ2n) is 9.44. The molecule has 3 nitrogen and oxygen atoms in total. The van der Waals surface area contributed by atoms with Crippen molar-refractivity contribution in [3.63, 3.8) is 0 Å². The molecule has 0 amide bonds. The first-order valence-corrected chi connectivity index (χ1v) is 10.5. The second-order valence-corrected chi connectivity index (χ2v) is 9.44. The van der Waals surface area contributed by atoms with Crippen molar-refractivity contribution in [2.75, 3.05) is 11.9 Å². The number of nitrogens with zero attached hydrogens (tertiary/aromatic N) is 3. The van der Waals surface area contributed by atoms with Gasteiger partial charge in [-0.25, -0.2) is 4.85 Å². The molecular formula is C28H27N3. The third kappa shape index (κ3) is 3.01. The molecule has 154 valence electrons. The fourth-order valence-corrected chi connectivity index (χ4v) is 5.18. The fourth-order valence-electron chi connectivity index (χ4n) is 5.18. The number of fused-ring (bicyclic) bond motifs is 2. The van der Waals surface area contributed by atoms with Gasteiger partial charge < -0.3 is 4.90 Å². The van der Waals surface area contributed by atoms with E-state index in [0.29, 0.717) is 11.3 Å². The van der Waals surface area contributed by atoms with E-state index in [0.717, 1.165) is 5.69 Å². The maximum atomic E-state index is 9.30. The summed E-state index contributed by atoms with van der Waals surface area (Å²) in [5, 5.41) is 9.30. The molecule has 31 heavy (non-hydrogen) atoms. The van der Waals surface area contributed by atoms with Crippen LogP contribution in [0.2, 0.25) is 0 Å². The Morgan fingerprint density at radius 3 is 2.45 bits per heavy atom. The number of rotatable bonds is 2. The topological polar surface area (TPSA) is 31.4 Å². The van der Waals surface area contributed by atoms with E-state index in [9.17, 15) is 5.26 Å². The van der Waals surface area contributed by atoms with E-state index in [1.54, 1.807) is 0 Å². The fraction of sp³-hybridized carbons (Fsp3) is 0.286. The molecule has 1 heterocycles. The zero-order valence-electron chi connectivity index (χ0n) is 19.0. The lowest BCUT2D eigenvalue weighted by Crippen LogP contribution is -2.22. The molecular weight excluding hydrogens is 378 g/mol. The van der Waals surface area contributed by atoms with E-state index >= 15 is 0 Å². The number of benzene rings is 2. The highest BCUT2D eigenvalue weighted by atomic mass is 15.2. The summed E-state index contributed by atoms with van der Waals surface area (Å²) in [4.78, 5) is 5.83. The van der Waals surface area contributed by atoms with Gasteiger partial charge in [-0.15, -0.1) is 0 Å². The van der Waals surface area contributed by atoms with Crippen molar-refractivity contribution in [3.8, 4) is 6.07 Å². The summed E-state index contributed by atoms with van der Waals surface area (Å²) in [5.41, 5.74) is 9.62. The van der Waals surface area contributed by atoms with Gasteiger partial charge in [0.1, 0.15) is 0 Å². The second kappa shape index (κ2) is 7.00. The summed E-state index contributed by atoms with van der Waals surface area (Å²) < 4.78 is 0. The summed E-state index contributed by atoms with van der Waals surface area (Å²) in [6, 6.07) is 14.2. The highest BCUT2D eigenvalue weighted by Gasteiger charge is 2.38. The van der Waals surface area contributed by atoms with E-state index in [2.05, 4.69) is 81.8 Å². The average molecular weight is 406 g/mol. The summed E-state index contributed by atoms with van der Waals surface area (Å²) in [6.07, 6.45) is 6.55. The molecule has 0 saturated carbocycles. The molecule has 0 spiro atoms. The Morgan fingerprint density at radius 1 is 1.03 bits per heavy atom. The molecule has 2 aliphatic rings. The monoisotopic (exact) mass is 405 g/mol. The Balaban J connectivity index is 1.71. The van der Waals surface area contributed by atoms with Gasteiger partial charge in [0, 0.05) is 29.3 Å². The van der Waals surface area contributed by atoms with Gasteiger partial charge in [-0.2, -0.15) is 5.26 Å².